The second-order valence-electron chi connectivity index (χ2n) is 4.40. The molecule has 0 fully saturated rings. The standard InChI is InChI=1S/C15H16FNO3/c1-2-20-15(19)13(16)14(17)11-7-8-12(18)10-6-4-3-5-9(10)11/h3-8,13-14,18H,2,17H2,1H3/t13?,14-/m0/s1. The Morgan fingerprint density at radius 1 is 1.30 bits per heavy atom. The van der Waals surface area contributed by atoms with Crippen LogP contribution in [0.5, 0.6) is 5.75 Å². The Labute approximate surface area is 116 Å². The number of carbonyl (C=O) groups is 1. The average molecular weight is 277 g/mol. The topological polar surface area (TPSA) is 72.5 Å². The molecule has 2 rings (SSSR count). The van der Waals surface area contributed by atoms with Crippen molar-refractivity contribution in [2.24, 2.45) is 5.73 Å². The van der Waals surface area contributed by atoms with Crippen LogP contribution in [-0.2, 0) is 9.53 Å². The number of benzene rings is 2. The fourth-order valence-electron chi connectivity index (χ4n) is 2.12. The number of esters is 1. The van der Waals surface area contributed by atoms with E-state index in [1.165, 1.54) is 12.1 Å². The third-order valence-corrected chi connectivity index (χ3v) is 3.12. The quantitative estimate of drug-likeness (QED) is 0.842. The largest absolute Gasteiger partial charge is 0.507 e. The highest BCUT2D eigenvalue weighted by molar-refractivity contribution is 5.91. The Kier molecular flexibility index (Phi) is 4.20. The fourth-order valence-corrected chi connectivity index (χ4v) is 2.12. The van der Waals surface area contributed by atoms with Crippen molar-refractivity contribution in [3.63, 3.8) is 0 Å². The average Bonchev–Trinajstić information content (AvgIpc) is 2.47. The molecule has 2 aromatic carbocycles. The van der Waals surface area contributed by atoms with Gasteiger partial charge in [-0.2, -0.15) is 0 Å². The predicted molar refractivity (Wildman–Crippen MR) is 74.1 cm³/mol. The van der Waals surface area contributed by atoms with Crippen molar-refractivity contribution in [1.82, 2.24) is 0 Å². The Morgan fingerprint density at radius 3 is 2.60 bits per heavy atom. The molecule has 0 saturated carbocycles. The number of ether oxygens (including phenoxy) is 1. The highest BCUT2D eigenvalue weighted by atomic mass is 19.1. The molecule has 3 N–H and O–H groups in total. The monoisotopic (exact) mass is 277 g/mol. The van der Waals surface area contributed by atoms with Gasteiger partial charge in [0.25, 0.3) is 0 Å². The van der Waals surface area contributed by atoms with Gasteiger partial charge in [0, 0.05) is 5.39 Å². The van der Waals surface area contributed by atoms with Crippen LogP contribution in [0.2, 0.25) is 0 Å². The maximum absolute atomic E-state index is 14.0. The van der Waals surface area contributed by atoms with Crippen LogP contribution in [0.15, 0.2) is 36.4 Å². The van der Waals surface area contributed by atoms with Crippen LogP contribution < -0.4 is 5.73 Å². The zero-order valence-electron chi connectivity index (χ0n) is 11.0. The number of aromatic hydroxyl groups is 1. The van der Waals surface area contributed by atoms with Gasteiger partial charge in [0.2, 0.25) is 6.17 Å². The molecule has 0 bridgehead atoms. The summed E-state index contributed by atoms with van der Waals surface area (Å²) in [6, 6.07) is 8.77. The van der Waals surface area contributed by atoms with Gasteiger partial charge in [0.1, 0.15) is 5.75 Å². The van der Waals surface area contributed by atoms with E-state index in [1.807, 2.05) is 0 Å². The number of carbonyl (C=O) groups excluding carboxylic acids is 1. The van der Waals surface area contributed by atoms with E-state index in [9.17, 15) is 14.3 Å². The van der Waals surface area contributed by atoms with Crippen LogP contribution in [0.1, 0.15) is 18.5 Å². The molecule has 0 spiro atoms. The minimum atomic E-state index is -1.94. The Hall–Kier alpha value is -2.14. The number of phenols is 1. The van der Waals surface area contributed by atoms with Gasteiger partial charge in [0.15, 0.2) is 0 Å². The Morgan fingerprint density at radius 2 is 1.95 bits per heavy atom. The summed E-state index contributed by atoms with van der Waals surface area (Å²) in [5.74, 6) is -0.889. The number of phenolic OH excluding ortho intramolecular Hbond substituents is 1. The van der Waals surface area contributed by atoms with E-state index in [-0.39, 0.29) is 12.4 Å². The molecule has 0 radical (unpaired) electrons. The number of nitrogens with two attached hydrogens (primary N) is 1. The highest BCUT2D eigenvalue weighted by Crippen LogP contribution is 2.31. The number of fused-ring (bicyclic) bond motifs is 1. The second kappa shape index (κ2) is 5.88. The molecular weight excluding hydrogens is 261 g/mol. The van der Waals surface area contributed by atoms with E-state index in [1.54, 1.807) is 31.2 Å². The summed E-state index contributed by atoms with van der Waals surface area (Å²) >= 11 is 0. The van der Waals surface area contributed by atoms with Gasteiger partial charge in [-0.1, -0.05) is 30.3 Å². The van der Waals surface area contributed by atoms with Crippen molar-refractivity contribution < 1.29 is 19.0 Å². The molecule has 5 heteroatoms. The van der Waals surface area contributed by atoms with E-state index in [0.29, 0.717) is 16.3 Å². The normalized spacial score (nSPS) is 13.9. The van der Waals surface area contributed by atoms with E-state index >= 15 is 0 Å². The van der Waals surface area contributed by atoms with Gasteiger partial charge in [-0.15, -0.1) is 0 Å². The molecule has 0 saturated heterocycles. The van der Waals surface area contributed by atoms with Crippen molar-refractivity contribution in [1.29, 1.82) is 0 Å². The summed E-state index contributed by atoms with van der Waals surface area (Å²) in [5, 5.41) is 11.0. The van der Waals surface area contributed by atoms with E-state index in [4.69, 9.17) is 5.73 Å². The number of hydrogen-bond acceptors (Lipinski definition) is 4. The van der Waals surface area contributed by atoms with Crippen molar-refractivity contribution >= 4 is 16.7 Å². The molecule has 20 heavy (non-hydrogen) atoms. The highest BCUT2D eigenvalue weighted by Gasteiger charge is 2.29. The van der Waals surface area contributed by atoms with Gasteiger partial charge in [-0.05, 0) is 23.9 Å². The zero-order chi connectivity index (χ0) is 14.7. The third kappa shape index (κ3) is 2.58. The lowest BCUT2D eigenvalue weighted by Crippen LogP contribution is -2.31. The van der Waals surface area contributed by atoms with Gasteiger partial charge in [-0.3, -0.25) is 0 Å². The lowest BCUT2D eigenvalue weighted by atomic mass is 9.96. The summed E-state index contributed by atoms with van der Waals surface area (Å²) in [6.45, 7) is 1.70. The molecule has 106 valence electrons. The fraction of sp³-hybridized carbons (Fsp3) is 0.267. The van der Waals surface area contributed by atoms with E-state index in [2.05, 4.69) is 4.74 Å². The van der Waals surface area contributed by atoms with Crippen LogP contribution in [0.25, 0.3) is 10.8 Å². The summed E-state index contributed by atoms with van der Waals surface area (Å²) in [7, 11) is 0. The lowest BCUT2D eigenvalue weighted by molar-refractivity contribution is -0.149. The summed E-state index contributed by atoms with van der Waals surface area (Å²) < 4.78 is 18.7. The SMILES string of the molecule is CCOC(=O)C(F)[C@@H](N)c1ccc(O)c2ccccc12. The molecule has 0 aliphatic rings. The van der Waals surface area contributed by atoms with Crippen LogP contribution in [0.3, 0.4) is 0 Å². The molecule has 0 aliphatic carbocycles. The zero-order valence-corrected chi connectivity index (χ0v) is 11.0. The maximum atomic E-state index is 14.0. The summed E-state index contributed by atoms with van der Waals surface area (Å²) in [4.78, 5) is 11.4. The van der Waals surface area contributed by atoms with Gasteiger partial charge < -0.3 is 15.6 Å². The van der Waals surface area contributed by atoms with Gasteiger partial charge in [0.05, 0.1) is 12.6 Å². The second-order valence-corrected chi connectivity index (χ2v) is 4.40. The summed E-state index contributed by atoms with van der Waals surface area (Å²) in [6.07, 6.45) is -1.94. The third-order valence-electron chi connectivity index (χ3n) is 3.12. The first-order chi connectivity index (χ1) is 9.56. The smallest absolute Gasteiger partial charge is 0.342 e. The maximum Gasteiger partial charge on any atom is 0.342 e. The number of hydrogen-bond donors (Lipinski definition) is 2. The first-order valence-electron chi connectivity index (χ1n) is 6.33. The molecule has 0 aromatic heterocycles. The lowest BCUT2D eigenvalue weighted by Gasteiger charge is -2.18. The van der Waals surface area contributed by atoms with Crippen LogP contribution in [-0.4, -0.2) is 23.9 Å². The number of halogens is 1. The molecule has 0 aliphatic heterocycles. The Bertz CT molecular complexity index is 630. The molecule has 0 amide bonds. The minimum Gasteiger partial charge on any atom is -0.507 e. The predicted octanol–water partition coefficient (Wildman–Crippen LogP) is 2.45. The molecule has 2 atom stereocenters. The molecule has 2 aromatic rings. The van der Waals surface area contributed by atoms with Gasteiger partial charge in [-0.25, -0.2) is 9.18 Å². The first-order valence-corrected chi connectivity index (χ1v) is 6.33. The minimum absolute atomic E-state index is 0.0862. The van der Waals surface area contributed by atoms with Crippen LogP contribution >= 0.6 is 0 Å². The molecule has 0 heterocycles. The number of alkyl halides is 1. The van der Waals surface area contributed by atoms with Crippen molar-refractivity contribution in [3.05, 3.63) is 42.0 Å². The Balaban J connectivity index is 2.42. The van der Waals surface area contributed by atoms with Crippen molar-refractivity contribution in [2.45, 2.75) is 19.1 Å². The number of rotatable bonds is 4. The molecule has 1 unspecified atom stereocenters. The molecular formula is C15H16FNO3. The van der Waals surface area contributed by atoms with E-state index in [0.717, 1.165) is 0 Å². The van der Waals surface area contributed by atoms with Crippen LogP contribution in [0.4, 0.5) is 4.39 Å². The van der Waals surface area contributed by atoms with Crippen molar-refractivity contribution in [3.8, 4) is 5.75 Å². The first kappa shape index (κ1) is 14.3. The van der Waals surface area contributed by atoms with E-state index < -0.39 is 18.2 Å². The van der Waals surface area contributed by atoms with Crippen LogP contribution in [0, 0.1) is 0 Å². The summed E-state index contributed by atoms with van der Waals surface area (Å²) in [5.41, 5.74) is 6.29. The molecule has 4 nitrogen and oxygen atoms in total. The van der Waals surface area contributed by atoms with Crippen molar-refractivity contribution in [2.75, 3.05) is 6.61 Å². The van der Waals surface area contributed by atoms with Gasteiger partial charge >= 0.3 is 5.97 Å².